The van der Waals surface area contributed by atoms with E-state index in [2.05, 4.69) is 5.32 Å². The predicted molar refractivity (Wildman–Crippen MR) is 73.0 cm³/mol. The molecule has 2 atom stereocenters. The first-order valence-electron chi connectivity index (χ1n) is 6.72. The van der Waals surface area contributed by atoms with Gasteiger partial charge in [-0.2, -0.15) is 5.26 Å². The molecule has 0 aromatic heterocycles. The summed E-state index contributed by atoms with van der Waals surface area (Å²) < 4.78 is 5.48. The number of aliphatic hydroxyl groups excluding tert-OH is 1. The molecule has 1 aliphatic carbocycles. The Labute approximate surface area is 118 Å². The van der Waals surface area contributed by atoms with Crippen LogP contribution in [0.4, 0.5) is 0 Å². The molecule has 2 unspecified atom stereocenters. The summed E-state index contributed by atoms with van der Waals surface area (Å²) in [6, 6.07) is 8.60. The second kappa shape index (κ2) is 6.40. The summed E-state index contributed by atoms with van der Waals surface area (Å²) in [7, 11) is 0. The van der Waals surface area contributed by atoms with E-state index in [0.717, 1.165) is 12.8 Å². The maximum absolute atomic E-state index is 11.8. The van der Waals surface area contributed by atoms with E-state index < -0.39 is 12.2 Å². The van der Waals surface area contributed by atoms with E-state index in [4.69, 9.17) is 10.00 Å². The van der Waals surface area contributed by atoms with Gasteiger partial charge >= 0.3 is 0 Å². The number of benzene rings is 1. The average Bonchev–Trinajstić information content (AvgIpc) is 3.29. The van der Waals surface area contributed by atoms with Crippen molar-refractivity contribution in [1.29, 1.82) is 5.26 Å². The summed E-state index contributed by atoms with van der Waals surface area (Å²) in [6.07, 6.45) is 0.971. The molecule has 0 heterocycles. The van der Waals surface area contributed by atoms with Gasteiger partial charge in [0, 0.05) is 6.54 Å². The van der Waals surface area contributed by atoms with Crippen molar-refractivity contribution in [2.45, 2.75) is 32.0 Å². The molecule has 2 rings (SSSR count). The fourth-order valence-corrected chi connectivity index (χ4v) is 1.86. The van der Waals surface area contributed by atoms with E-state index in [9.17, 15) is 9.90 Å². The second-order valence-corrected chi connectivity index (χ2v) is 5.05. The lowest BCUT2D eigenvalue weighted by atomic mass is 10.2. The molecule has 2 N–H and O–H groups in total. The lowest BCUT2D eigenvalue weighted by Crippen LogP contribution is -2.40. The molecule has 1 saturated carbocycles. The lowest BCUT2D eigenvalue weighted by Gasteiger charge is -2.16. The molecule has 1 aromatic carbocycles. The topological polar surface area (TPSA) is 82.3 Å². The summed E-state index contributed by atoms with van der Waals surface area (Å²) in [5.41, 5.74) is 0.544. The molecule has 20 heavy (non-hydrogen) atoms. The van der Waals surface area contributed by atoms with E-state index in [1.54, 1.807) is 31.2 Å². The normalized spacial score (nSPS) is 16.9. The standard InChI is InChI=1S/C15H18N2O3/c1-10(15(19)17-9-14(18)12-4-5-12)20-13-6-2-11(8-16)3-7-13/h2-3,6-7,10,12,14,18H,4-5,9H2,1H3,(H,17,19). The van der Waals surface area contributed by atoms with E-state index in [-0.39, 0.29) is 12.5 Å². The van der Waals surface area contributed by atoms with Crippen LogP contribution in [0.2, 0.25) is 0 Å². The highest BCUT2D eigenvalue weighted by atomic mass is 16.5. The number of aliphatic hydroxyl groups is 1. The van der Waals surface area contributed by atoms with Gasteiger partial charge in [-0.25, -0.2) is 0 Å². The number of amides is 1. The van der Waals surface area contributed by atoms with Crippen LogP contribution in [0.25, 0.3) is 0 Å². The Morgan fingerprint density at radius 3 is 2.70 bits per heavy atom. The Kier molecular flexibility index (Phi) is 4.59. The van der Waals surface area contributed by atoms with Crippen LogP contribution in [0.1, 0.15) is 25.3 Å². The Morgan fingerprint density at radius 1 is 1.50 bits per heavy atom. The molecule has 1 aromatic rings. The first-order chi connectivity index (χ1) is 9.60. The zero-order valence-electron chi connectivity index (χ0n) is 11.4. The van der Waals surface area contributed by atoms with Crippen LogP contribution in [0.5, 0.6) is 5.75 Å². The predicted octanol–water partition coefficient (Wildman–Crippen LogP) is 1.21. The van der Waals surface area contributed by atoms with Gasteiger partial charge in [-0.15, -0.1) is 0 Å². The monoisotopic (exact) mass is 274 g/mol. The van der Waals surface area contributed by atoms with Crippen LogP contribution < -0.4 is 10.1 Å². The van der Waals surface area contributed by atoms with Crippen LogP contribution in [0, 0.1) is 17.2 Å². The van der Waals surface area contributed by atoms with E-state index in [1.165, 1.54) is 0 Å². The zero-order chi connectivity index (χ0) is 14.5. The van der Waals surface area contributed by atoms with Crippen molar-refractivity contribution in [3.05, 3.63) is 29.8 Å². The third kappa shape index (κ3) is 3.97. The zero-order valence-corrected chi connectivity index (χ0v) is 11.4. The SMILES string of the molecule is CC(Oc1ccc(C#N)cc1)C(=O)NCC(O)C1CC1. The summed E-state index contributed by atoms with van der Waals surface area (Å²) in [5.74, 6) is 0.619. The van der Waals surface area contributed by atoms with Crippen LogP contribution in [0.3, 0.4) is 0 Å². The summed E-state index contributed by atoms with van der Waals surface area (Å²) in [6.45, 7) is 1.92. The van der Waals surface area contributed by atoms with Crippen LogP contribution in [-0.4, -0.2) is 29.8 Å². The van der Waals surface area contributed by atoms with Crippen LogP contribution in [0.15, 0.2) is 24.3 Å². The summed E-state index contributed by atoms with van der Waals surface area (Å²) >= 11 is 0. The van der Waals surface area contributed by atoms with Crippen molar-refractivity contribution in [2.75, 3.05) is 6.54 Å². The van der Waals surface area contributed by atoms with Crippen molar-refractivity contribution >= 4 is 5.91 Å². The third-order valence-corrected chi connectivity index (χ3v) is 3.32. The van der Waals surface area contributed by atoms with Gasteiger partial charge in [-0.05, 0) is 49.9 Å². The minimum absolute atomic E-state index is 0.256. The number of carbonyl (C=O) groups excluding carboxylic acids is 1. The highest BCUT2D eigenvalue weighted by Gasteiger charge is 2.30. The molecule has 1 amide bonds. The van der Waals surface area contributed by atoms with E-state index in [1.807, 2.05) is 6.07 Å². The molecule has 1 aliphatic rings. The number of hydrogen-bond acceptors (Lipinski definition) is 4. The maximum atomic E-state index is 11.8. The van der Waals surface area contributed by atoms with Gasteiger partial charge in [-0.1, -0.05) is 0 Å². The summed E-state index contributed by atoms with van der Waals surface area (Å²) in [4.78, 5) is 11.8. The van der Waals surface area contributed by atoms with Crippen molar-refractivity contribution in [3.63, 3.8) is 0 Å². The average molecular weight is 274 g/mol. The van der Waals surface area contributed by atoms with Crippen LogP contribution >= 0.6 is 0 Å². The molecule has 5 nitrogen and oxygen atoms in total. The van der Waals surface area contributed by atoms with Crippen molar-refractivity contribution in [3.8, 4) is 11.8 Å². The maximum Gasteiger partial charge on any atom is 0.260 e. The van der Waals surface area contributed by atoms with E-state index in [0.29, 0.717) is 17.2 Å². The number of rotatable bonds is 6. The number of carbonyl (C=O) groups is 1. The van der Waals surface area contributed by atoms with E-state index >= 15 is 0 Å². The Balaban J connectivity index is 1.78. The number of nitriles is 1. The highest BCUT2D eigenvalue weighted by molar-refractivity contribution is 5.80. The van der Waals surface area contributed by atoms with Gasteiger partial charge in [-0.3, -0.25) is 4.79 Å². The van der Waals surface area contributed by atoms with Crippen molar-refractivity contribution in [1.82, 2.24) is 5.32 Å². The molecule has 0 saturated heterocycles. The van der Waals surface area contributed by atoms with Gasteiger partial charge in [0.1, 0.15) is 5.75 Å². The van der Waals surface area contributed by atoms with Gasteiger partial charge in [0.15, 0.2) is 6.10 Å². The summed E-state index contributed by atoms with van der Waals surface area (Å²) in [5, 5.41) is 21.1. The smallest absolute Gasteiger partial charge is 0.260 e. The van der Waals surface area contributed by atoms with Gasteiger partial charge in [0.2, 0.25) is 0 Å². The molecule has 5 heteroatoms. The first kappa shape index (κ1) is 14.4. The largest absolute Gasteiger partial charge is 0.481 e. The minimum Gasteiger partial charge on any atom is -0.481 e. The number of ether oxygens (including phenoxy) is 1. The second-order valence-electron chi connectivity index (χ2n) is 5.05. The first-order valence-corrected chi connectivity index (χ1v) is 6.72. The molecular weight excluding hydrogens is 256 g/mol. The fraction of sp³-hybridized carbons (Fsp3) is 0.467. The fourth-order valence-electron chi connectivity index (χ4n) is 1.86. The minimum atomic E-state index is -0.644. The Bertz CT molecular complexity index is 503. The molecule has 0 spiro atoms. The Hall–Kier alpha value is -2.06. The van der Waals surface area contributed by atoms with Crippen LogP contribution in [-0.2, 0) is 4.79 Å². The number of nitrogens with one attached hydrogen (secondary N) is 1. The number of nitrogens with zero attached hydrogens (tertiary/aromatic N) is 1. The quantitative estimate of drug-likeness (QED) is 0.817. The Morgan fingerprint density at radius 2 is 2.15 bits per heavy atom. The van der Waals surface area contributed by atoms with Crippen molar-refractivity contribution < 1.29 is 14.6 Å². The van der Waals surface area contributed by atoms with Gasteiger partial charge < -0.3 is 15.2 Å². The molecular formula is C15H18N2O3. The third-order valence-electron chi connectivity index (χ3n) is 3.32. The van der Waals surface area contributed by atoms with Crippen molar-refractivity contribution in [2.24, 2.45) is 5.92 Å². The molecule has 1 fully saturated rings. The molecule has 0 bridgehead atoms. The van der Waals surface area contributed by atoms with Gasteiger partial charge in [0.05, 0.1) is 17.7 Å². The van der Waals surface area contributed by atoms with Gasteiger partial charge in [0.25, 0.3) is 5.91 Å². The number of hydrogen-bond donors (Lipinski definition) is 2. The molecule has 0 radical (unpaired) electrons. The molecule has 0 aliphatic heterocycles. The lowest BCUT2D eigenvalue weighted by molar-refractivity contribution is -0.127. The highest BCUT2D eigenvalue weighted by Crippen LogP contribution is 2.32. The molecule has 106 valence electrons.